The van der Waals surface area contributed by atoms with E-state index in [4.69, 9.17) is 9.47 Å². The summed E-state index contributed by atoms with van der Waals surface area (Å²) in [6.07, 6.45) is 3.87. The van der Waals surface area contributed by atoms with Gasteiger partial charge in [-0.1, -0.05) is 0 Å². The van der Waals surface area contributed by atoms with Gasteiger partial charge in [-0.3, -0.25) is 4.79 Å². The lowest BCUT2D eigenvalue weighted by molar-refractivity contribution is -0.307. The number of hydrazone groups is 1. The molecule has 1 aliphatic rings. The largest absolute Gasteiger partial charge is 0.546 e. The van der Waals surface area contributed by atoms with Crippen LogP contribution in [0.25, 0.3) is 0 Å². The molecule has 1 fully saturated rings. The number of rotatable bonds is 9. The Hall–Kier alpha value is -3.55. The lowest BCUT2D eigenvalue weighted by Crippen LogP contribution is -2.29. The van der Waals surface area contributed by atoms with Crippen molar-refractivity contribution >= 4 is 23.8 Å². The van der Waals surface area contributed by atoms with Gasteiger partial charge in [0.05, 0.1) is 18.8 Å². The van der Waals surface area contributed by atoms with E-state index in [-0.39, 0.29) is 5.91 Å². The van der Waals surface area contributed by atoms with Crippen LogP contribution in [-0.2, 0) is 4.79 Å². The average Bonchev–Trinajstić information content (AvgIpc) is 3.28. The molecule has 8 nitrogen and oxygen atoms in total. The monoisotopic (exact) mass is 410 g/mol. The molecule has 1 N–H and O–H groups in total. The Morgan fingerprint density at radius 2 is 1.83 bits per heavy atom. The van der Waals surface area contributed by atoms with Crippen LogP contribution < -0.4 is 24.9 Å². The second-order valence-corrected chi connectivity index (χ2v) is 6.74. The zero-order valence-electron chi connectivity index (χ0n) is 16.8. The minimum Gasteiger partial charge on any atom is -0.546 e. The van der Waals surface area contributed by atoms with E-state index in [1.165, 1.54) is 19.1 Å². The maximum Gasteiger partial charge on any atom is 0.271 e. The van der Waals surface area contributed by atoms with Crippen molar-refractivity contribution in [3.63, 3.8) is 0 Å². The average molecular weight is 410 g/mol. The molecule has 8 heteroatoms. The first-order valence-electron chi connectivity index (χ1n) is 9.84. The molecule has 1 saturated heterocycles. The van der Waals surface area contributed by atoms with Crippen molar-refractivity contribution in [3.05, 3.63) is 53.6 Å². The number of carboxylic acids is 1. The summed E-state index contributed by atoms with van der Waals surface area (Å²) in [6.45, 7) is 3.72. The number of carbonyl (C=O) groups excluding carboxylic acids is 2. The first kappa shape index (κ1) is 21.2. The van der Waals surface area contributed by atoms with E-state index in [0.717, 1.165) is 18.8 Å². The molecule has 158 valence electrons. The summed E-state index contributed by atoms with van der Waals surface area (Å²) in [5.74, 6) is -0.954. The zero-order chi connectivity index (χ0) is 21.3. The van der Waals surface area contributed by atoms with Crippen molar-refractivity contribution in [1.29, 1.82) is 0 Å². The lowest BCUT2D eigenvalue weighted by Gasteiger charge is -2.17. The fraction of sp³-hybridized carbons (Fsp3) is 0.318. The van der Waals surface area contributed by atoms with Crippen LogP contribution >= 0.6 is 0 Å². The number of carboxylic acid groups (broad SMARTS) is 1. The summed E-state index contributed by atoms with van der Waals surface area (Å²) < 4.78 is 10.6. The normalized spacial score (nSPS) is 13.4. The smallest absolute Gasteiger partial charge is 0.271 e. The molecule has 30 heavy (non-hydrogen) atoms. The highest BCUT2D eigenvalue weighted by Gasteiger charge is 2.13. The maximum absolute atomic E-state index is 12.3. The van der Waals surface area contributed by atoms with Crippen LogP contribution in [0.15, 0.2) is 47.6 Å². The number of hydrogen-bond donors (Lipinski definition) is 1. The Balaban J connectivity index is 1.60. The van der Waals surface area contributed by atoms with E-state index in [2.05, 4.69) is 15.4 Å². The van der Waals surface area contributed by atoms with Gasteiger partial charge in [0.2, 0.25) is 0 Å². The van der Waals surface area contributed by atoms with Gasteiger partial charge < -0.3 is 24.3 Å². The van der Waals surface area contributed by atoms with Gasteiger partial charge in [0.15, 0.2) is 11.5 Å². The second kappa shape index (κ2) is 10.3. The van der Waals surface area contributed by atoms with Crippen LogP contribution in [0.5, 0.6) is 11.5 Å². The summed E-state index contributed by atoms with van der Waals surface area (Å²) in [7, 11) is 0. The standard InChI is InChI=1S/C22H25N3O5/c1-2-29-20-13-16(5-10-19(20)30-15-21(26)27)14-23-24-22(28)17-6-8-18(9-7-17)25-11-3-4-12-25/h5-10,13-14H,2-4,11-12,15H2,1H3,(H,24,28)(H,26,27)/p-1/b23-14-. The molecule has 1 aliphatic heterocycles. The molecule has 1 heterocycles. The molecule has 2 aromatic rings. The summed E-state index contributed by atoms with van der Waals surface area (Å²) in [6, 6.07) is 12.4. The summed E-state index contributed by atoms with van der Waals surface area (Å²) in [5, 5.41) is 14.6. The number of carbonyl (C=O) groups is 2. The summed E-state index contributed by atoms with van der Waals surface area (Å²) in [5.41, 5.74) is 4.80. The molecule has 2 aromatic carbocycles. The first-order valence-corrected chi connectivity index (χ1v) is 9.84. The fourth-order valence-corrected chi connectivity index (χ4v) is 3.16. The number of ether oxygens (including phenoxy) is 2. The van der Waals surface area contributed by atoms with Gasteiger partial charge in [0, 0.05) is 24.3 Å². The topological polar surface area (TPSA) is 103 Å². The highest BCUT2D eigenvalue weighted by Crippen LogP contribution is 2.28. The van der Waals surface area contributed by atoms with Gasteiger partial charge in [-0.15, -0.1) is 0 Å². The quantitative estimate of drug-likeness (QED) is 0.497. The van der Waals surface area contributed by atoms with E-state index >= 15 is 0 Å². The van der Waals surface area contributed by atoms with E-state index in [1.54, 1.807) is 37.3 Å². The van der Waals surface area contributed by atoms with Crippen LogP contribution in [-0.4, -0.2) is 44.4 Å². The van der Waals surface area contributed by atoms with E-state index in [0.29, 0.717) is 29.2 Å². The molecule has 0 unspecified atom stereocenters. The first-order chi connectivity index (χ1) is 14.6. The minimum atomic E-state index is -1.32. The number of hydrogen-bond acceptors (Lipinski definition) is 7. The molecular weight excluding hydrogens is 386 g/mol. The minimum absolute atomic E-state index is 0.292. The fourth-order valence-electron chi connectivity index (χ4n) is 3.16. The number of benzene rings is 2. The van der Waals surface area contributed by atoms with E-state index in [1.807, 2.05) is 12.1 Å². The van der Waals surface area contributed by atoms with Gasteiger partial charge in [-0.2, -0.15) is 5.10 Å². The van der Waals surface area contributed by atoms with Crippen molar-refractivity contribution in [2.45, 2.75) is 19.8 Å². The number of nitrogens with one attached hydrogen (secondary N) is 1. The van der Waals surface area contributed by atoms with Crippen molar-refractivity contribution in [2.24, 2.45) is 5.10 Å². The Kier molecular flexibility index (Phi) is 7.26. The van der Waals surface area contributed by atoms with Crippen LogP contribution in [0.3, 0.4) is 0 Å². The maximum atomic E-state index is 12.3. The number of aliphatic carboxylic acids is 1. The highest BCUT2D eigenvalue weighted by atomic mass is 16.5. The third kappa shape index (κ3) is 5.73. The Morgan fingerprint density at radius 3 is 2.50 bits per heavy atom. The number of nitrogens with zero attached hydrogens (tertiary/aromatic N) is 2. The summed E-state index contributed by atoms with van der Waals surface area (Å²) >= 11 is 0. The Labute approximate surface area is 175 Å². The second-order valence-electron chi connectivity index (χ2n) is 6.74. The number of amides is 1. The van der Waals surface area contributed by atoms with Gasteiger partial charge in [-0.05, 0) is 67.8 Å². The lowest BCUT2D eigenvalue weighted by atomic mass is 10.2. The third-order valence-electron chi connectivity index (χ3n) is 4.59. The van der Waals surface area contributed by atoms with Crippen LogP contribution in [0, 0.1) is 0 Å². The van der Waals surface area contributed by atoms with Gasteiger partial charge in [0.25, 0.3) is 5.91 Å². The van der Waals surface area contributed by atoms with Gasteiger partial charge in [0.1, 0.15) is 6.61 Å². The predicted octanol–water partition coefficient (Wildman–Crippen LogP) is 1.58. The molecule has 3 rings (SSSR count). The van der Waals surface area contributed by atoms with Crippen molar-refractivity contribution in [3.8, 4) is 11.5 Å². The molecule has 0 atom stereocenters. The highest BCUT2D eigenvalue weighted by molar-refractivity contribution is 5.95. The van der Waals surface area contributed by atoms with Crippen molar-refractivity contribution in [1.82, 2.24) is 5.43 Å². The Morgan fingerprint density at radius 1 is 1.10 bits per heavy atom. The van der Waals surface area contributed by atoms with Crippen molar-refractivity contribution in [2.75, 3.05) is 31.2 Å². The van der Waals surface area contributed by atoms with E-state index < -0.39 is 12.6 Å². The third-order valence-corrected chi connectivity index (χ3v) is 4.59. The number of anilines is 1. The molecule has 0 aromatic heterocycles. The van der Waals surface area contributed by atoms with Crippen LogP contribution in [0.2, 0.25) is 0 Å². The van der Waals surface area contributed by atoms with Crippen LogP contribution in [0.4, 0.5) is 5.69 Å². The van der Waals surface area contributed by atoms with Gasteiger partial charge >= 0.3 is 0 Å². The zero-order valence-corrected chi connectivity index (χ0v) is 16.8. The van der Waals surface area contributed by atoms with Gasteiger partial charge in [-0.25, -0.2) is 5.43 Å². The molecule has 0 bridgehead atoms. The molecule has 0 radical (unpaired) electrons. The SMILES string of the molecule is CCOc1cc(/C=N\NC(=O)c2ccc(N3CCCC3)cc2)ccc1OCC(=O)[O-]. The molecule has 0 spiro atoms. The van der Waals surface area contributed by atoms with Crippen LogP contribution in [0.1, 0.15) is 35.7 Å². The Bertz CT molecular complexity index is 905. The van der Waals surface area contributed by atoms with Crippen molar-refractivity contribution < 1.29 is 24.2 Å². The van der Waals surface area contributed by atoms with E-state index in [9.17, 15) is 14.7 Å². The molecule has 0 aliphatic carbocycles. The molecule has 1 amide bonds. The predicted molar refractivity (Wildman–Crippen MR) is 111 cm³/mol. The molecule has 0 saturated carbocycles. The summed E-state index contributed by atoms with van der Waals surface area (Å²) in [4.78, 5) is 25.2. The molecular formula is C22H24N3O5-.